The van der Waals surface area contributed by atoms with Crippen molar-refractivity contribution < 1.29 is 0 Å². The molecular formula is C18H15N3OS. The molecule has 0 radical (unpaired) electrons. The first-order valence-corrected chi connectivity index (χ1v) is 8.58. The summed E-state index contributed by atoms with van der Waals surface area (Å²) in [7, 11) is 0. The lowest BCUT2D eigenvalue weighted by atomic mass is 9.97. The first-order chi connectivity index (χ1) is 11.3. The van der Waals surface area contributed by atoms with Gasteiger partial charge >= 0.3 is 0 Å². The van der Waals surface area contributed by atoms with E-state index < -0.39 is 0 Å². The van der Waals surface area contributed by atoms with Crippen molar-refractivity contribution in [3.05, 3.63) is 51.1 Å². The van der Waals surface area contributed by atoms with E-state index in [1.54, 1.807) is 11.3 Å². The smallest absolute Gasteiger partial charge is 0.263 e. The van der Waals surface area contributed by atoms with Gasteiger partial charge in [-0.05, 0) is 31.2 Å². The summed E-state index contributed by atoms with van der Waals surface area (Å²) in [4.78, 5) is 19.9. The molecule has 1 aliphatic rings. The Kier molecular flexibility index (Phi) is 3.47. The van der Waals surface area contributed by atoms with Gasteiger partial charge in [0.25, 0.3) is 5.56 Å². The first-order valence-electron chi connectivity index (χ1n) is 7.77. The van der Waals surface area contributed by atoms with E-state index in [9.17, 15) is 4.79 Å². The van der Waals surface area contributed by atoms with E-state index in [0.29, 0.717) is 5.82 Å². The zero-order chi connectivity index (χ0) is 15.8. The highest BCUT2D eigenvalue weighted by Gasteiger charge is 2.22. The van der Waals surface area contributed by atoms with E-state index in [-0.39, 0.29) is 12.1 Å². The summed E-state index contributed by atoms with van der Waals surface area (Å²) >= 11 is 1.64. The number of aryl methyl sites for hydroxylation is 2. The van der Waals surface area contributed by atoms with Gasteiger partial charge in [0.15, 0.2) is 0 Å². The molecule has 2 heterocycles. The van der Waals surface area contributed by atoms with Crippen LogP contribution < -0.4 is 5.56 Å². The normalized spacial score (nSPS) is 13.7. The molecule has 0 fully saturated rings. The maximum Gasteiger partial charge on any atom is 0.263 e. The number of fused-ring (bicyclic) bond motifs is 3. The Morgan fingerprint density at radius 3 is 2.78 bits per heavy atom. The summed E-state index contributed by atoms with van der Waals surface area (Å²) in [5.74, 6) is 0.586. The molecule has 1 aromatic carbocycles. The number of benzene rings is 1. The second kappa shape index (κ2) is 5.64. The third-order valence-electron chi connectivity index (χ3n) is 4.34. The number of thiophene rings is 1. The number of nitriles is 1. The van der Waals surface area contributed by atoms with Crippen molar-refractivity contribution in [2.24, 2.45) is 0 Å². The van der Waals surface area contributed by atoms with E-state index in [1.807, 2.05) is 30.3 Å². The highest BCUT2D eigenvalue weighted by molar-refractivity contribution is 7.18. The largest absolute Gasteiger partial charge is 0.278 e. The van der Waals surface area contributed by atoms with E-state index in [1.165, 1.54) is 21.4 Å². The SMILES string of the molecule is N#CCn1c(-c2ccccc2)nc2sc3c(c2c1=O)CCCC3. The van der Waals surface area contributed by atoms with Crippen LogP contribution in [0, 0.1) is 11.3 Å². The van der Waals surface area contributed by atoms with Crippen molar-refractivity contribution in [1.29, 1.82) is 5.26 Å². The maximum absolute atomic E-state index is 13.0. The van der Waals surface area contributed by atoms with Gasteiger partial charge in [-0.25, -0.2) is 4.98 Å². The van der Waals surface area contributed by atoms with Crippen LogP contribution in [0.5, 0.6) is 0 Å². The van der Waals surface area contributed by atoms with Crippen LogP contribution in [0.1, 0.15) is 23.3 Å². The zero-order valence-corrected chi connectivity index (χ0v) is 13.4. The van der Waals surface area contributed by atoms with E-state index in [4.69, 9.17) is 10.2 Å². The molecule has 0 unspecified atom stereocenters. The van der Waals surface area contributed by atoms with Gasteiger partial charge < -0.3 is 0 Å². The van der Waals surface area contributed by atoms with Gasteiger partial charge in [0.05, 0.1) is 11.5 Å². The van der Waals surface area contributed by atoms with Crippen molar-refractivity contribution in [3.63, 3.8) is 0 Å². The third-order valence-corrected chi connectivity index (χ3v) is 5.52. The maximum atomic E-state index is 13.0. The van der Waals surface area contributed by atoms with Crippen LogP contribution in [0.2, 0.25) is 0 Å². The number of rotatable bonds is 2. The minimum absolute atomic E-state index is 0.0244. The lowest BCUT2D eigenvalue weighted by Gasteiger charge is -2.12. The summed E-state index contributed by atoms with van der Waals surface area (Å²) in [5.41, 5.74) is 1.96. The minimum atomic E-state index is -0.0743. The van der Waals surface area contributed by atoms with Crippen molar-refractivity contribution >= 4 is 21.6 Å². The lowest BCUT2D eigenvalue weighted by molar-refractivity contribution is 0.698. The Balaban J connectivity index is 2.06. The molecular weight excluding hydrogens is 306 g/mol. The van der Waals surface area contributed by atoms with Crippen LogP contribution in [0.15, 0.2) is 35.1 Å². The molecule has 0 atom stereocenters. The summed E-state index contributed by atoms with van der Waals surface area (Å²) < 4.78 is 1.51. The number of nitrogens with zero attached hydrogens (tertiary/aromatic N) is 3. The van der Waals surface area contributed by atoms with Crippen molar-refractivity contribution in [2.75, 3.05) is 0 Å². The Morgan fingerprint density at radius 2 is 2.00 bits per heavy atom. The highest BCUT2D eigenvalue weighted by Crippen LogP contribution is 2.34. The minimum Gasteiger partial charge on any atom is -0.278 e. The fraction of sp³-hybridized carbons (Fsp3) is 0.278. The summed E-state index contributed by atoms with van der Waals surface area (Å²) in [5, 5.41) is 9.88. The van der Waals surface area contributed by atoms with Gasteiger partial charge in [-0.1, -0.05) is 30.3 Å². The van der Waals surface area contributed by atoms with Crippen molar-refractivity contribution in [3.8, 4) is 17.5 Å². The summed E-state index contributed by atoms with van der Waals surface area (Å²) in [6.45, 7) is 0.0244. The Hall–Kier alpha value is -2.45. The average Bonchev–Trinajstić information content (AvgIpc) is 2.96. The molecule has 3 aromatic rings. The van der Waals surface area contributed by atoms with Crippen LogP contribution in [0.4, 0.5) is 0 Å². The molecule has 0 aliphatic heterocycles. The van der Waals surface area contributed by atoms with Gasteiger partial charge in [0.1, 0.15) is 17.2 Å². The molecule has 2 aromatic heterocycles. The second-order valence-electron chi connectivity index (χ2n) is 5.74. The number of hydrogen-bond donors (Lipinski definition) is 0. The average molecular weight is 321 g/mol. The Labute approximate surface area is 137 Å². The first kappa shape index (κ1) is 14.2. The molecule has 114 valence electrons. The molecule has 5 heteroatoms. The molecule has 23 heavy (non-hydrogen) atoms. The van der Waals surface area contributed by atoms with Gasteiger partial charge in [-0.3, -0.25) is 9.36 Å². The van der Waals surface area contributed by atoms with Crippen LogP contribution in [-0.4, -0.2) is 9.55 Å². The second-order valence-corrected chi connectivity index (χ2v) is 6.83. The van der Waals surface area contributed by atoms with E-state index >= 15 is 0 Å². The van der Waals surface area contributed by atoms with Crippen LogP contribution in [0.3, 0.4) is 0 Å². The molecule has 0 saturated heterocycles. The van der Waals surface area contributed by atoms with Crippen LogP contribution in [-0.2, 0) is 19.4 Å². The molecule has 4 rings (SSSR count). The Bertz CT molecular complexity index is 979. The zero-order valence-electron chi connectivity index (χ0n) is 12.6. The number of hydrogen-bond acceptors (Lipinski definition) is 4. The quantitative estimate of drug-likeness (QED) is 0.725. The van der Waals surface area contributed by atoms with Crippen LogP contribution in [0.25, 0.3) is 21.6 Å². The Morgan fingerprint density at radius 1 is 1.22 bits per heavy atom. The van der Waals surface area contributed by atoms with Crippen LogP contribution >= 0.6 is 11.3 Å². The summed E-state index contributed by atoms with van der Waals surface area (Å²) in [6, 6.07) is 11.7. The fourth-order valence-electron chi connectivity index (χ4n) is 3.26. The van der Waals surface area contributed by atoms with Gasteiger partial charge in [-0.2, -0.15) is 5.26 Å². The molecule has 4 nitrogen and oxygen atoms in total. The molecule has 0 bridgehead atoms. The standard InChI is InChI=1S/C18H15N3OS/c19-10-11-21-16(12-6-2-1-3-7-12)20-17-15(18(21)22)13-8-4-5-9-14(13)23-17/h1-3,6-7H,4-5,8-9,11H2. The lowest BCUT2D eigenvalue weighted by Crippen LogP contribution is -2.23. The predicted octanol–water partition coefficient (Wildman–Crippen LogP) is 3.53. The topological polar surface area (TPSA) is 58.7 Å². The predicted molar refractivity (Wildman–Crippen MR) is 91.6 cm³/mol. The molecule has 0 spiro atoms. The third kappa shape index (κ3) is 2.27. The van der Waals surface area contributed by atoms with E-state index in [2.05, 4.69) is 6.07 Å². The van der Waals surface area contributed by atoms with Crippen molar-refractivity contribution in [2.45, 2.75) is 32.2 Å². The highest BCUT2D eigenvalue weighted by atomic mass is 32.1. The molecule has 0 N–H and O–H groups in total. The van der Waals surface area contributed by atoms with E-state index in [0.717, 1.165) is 35.0 Å². The summed E-state index contributed by atoms with van der Waals surface area (Å²) in [6.07, 6.45) is 4.28. The van der Waals surface area contributed by atoms with Crippen molar-refractivity contribution in [1.82, 2.24) is 9.55 Å². The number of aromatic nitrogens is 2. The molecule has 0 amide bonds. The monoisotopic (exact) mass is 321 g/mol. The molecule has 1 aliphatic carbocycles. The van der Waals surface area contributed by atoms with Gasteiger partial charge in [0.2, 0.25) is 0 Å². The molecule has 0 saturated carbocycles. The fourth-order valence-corrected chi connectivity index (χ4v) is 4.52. The van der Waals surface area contributed by atoms with Gasteiger partial charge in [-0.15, -0.1) is 11.3 Å². The van der Waals surface area contributed by atoms with Gasteiger partial charge in [0, 0.05) is 10.4 Å².